The average Bonchev–Trinajstić information content (AvgIpc) is 2.55. The summed E-state index contributed by atoms with van der Waals surface area (Å²) < 4.78 is 0. The molecule has 0 amide bonds. The molecule has 116 valence electrons. The molecule has 1 heteroatoms. The van der Waals surface area contributed by atoms with Gasteiger partial charge in [-0.15, -0.1) is 0 Å². The molecule has 0 atom stereocenters. The highest BCUT2D eigenvalue weighted by Gasteiger charge is 2.13. The predicted octanol–water partition coefficient (Wildman–Crippen LogP) is 6.97. The lowest BCUT2D eigenvalue weighted by atomic mass is 9.86. The molecule has 0 aliphatic carbocycles. The Bertz CT molecular complexity index is 794. The first-order valence-corrected chi connectivity index (χ1v) is 8.29. The van der Waals surface area contributed by atoms with Crippen LogP contribution in [0.2, 0.25) is 5.02 Å². The van der Waals surface area contributed by atoms with Crippen LogP contribution in [0.15, 0.2) is 72.8 Å². The van der Waals surface area contributed by atoms with Gasteiger partial charge in [-0.3, -0.25) is 0 Å². The third kappa shape index (κ3) is 3.48. The van der Waals surface area contributed by atoms with Crippen LogP contribution in [-0.4, -0.2) is 0 Å². The Kier molecular flexibility index (Phi) is 4.28. The van der Waals surface area contributed by atoms with Crippen LogP contribution in [0.1, 0.15) is 26.3 Å². The van der Waals surface area contributed by atoms with Gasteiger partial charge in [-0.25, -0.2) is 0 Å². The van der Waals surface area contributed by atoms with E-state index < -0.39 is 0 Å². The highest BCUT2D eigenvalue weighted by atomic mass is 35.5. The number of hydrogen-bond acceptors (Lipinski definition) is 0. The summed E-state index contributed by atoms with van der Waals surface area (Å²) in [4.78, 5) is 0. The third-order valence-electron chi connectivity index (χ3n) is 4.14. The molecule has 0 N–H and O–H groups in total. The fraction of sp³-hybridized carbons (Fsp3) is 0.182. The van der Waals surface area contributed by atoms with Crippen molar-refractivity contribution in [2.45, 2.75) is 26.2 Å². The van der Waals surface area contributed by atoms with E-state index in [0.29, 0.717) is 0 Å². The van der Waals surface area contributed by atoms with Crippen molar-refractivity contribution in [2.24, 2.45) is 0 Å². The van der Waals surface area contributed by atoms with Crippen molar-refractivity contribution in [3.63, 3.8) is 0 Å². The second kappa shape index (κ2) is 6.22. The van der Waals surface area contributed by atoms with E-state index in [1.165, 1.54) is 11.1 Å². The summed E-state index contributed by atoms with van der Waals surface area (Å²) in [6.07, 6.45) is 0. The largest absolute Gasteiger partial charge is 0.0836 e. The van der Waals surface area contributed by atoms with E-state index in [1.807, 2.05) is 24.3 Å². The molecule has 0 saturated heterocycles. The van der Waals surface area contributed by atoms with Crippen LogP contribution >= 0.6 is 11.6 Å². The molecule has 0 aliphatic rings. The van der Waals surface area contributed by atoms with Crippen molar-refractivity contribution < 1.29 is 0 Å². The summed E-state index contributed by atoms with van der Waals surface area (Å²) in [5, 5.41) is 0.787. The lowest BCUT2D eigenvalue weighted by Gasteiger charge is -2.19. The molecule has 0 unspecified atom stereocenters. The fourth-order valence-corrected chi connectivity index (χ4v) is 3.00. The number of hydrogen-bond donors (Lipinski definition) is 0. The molecule has 0 saturated carbocycles. The van der Waals surface area contributed by atoms with Gasteiger partial charge in [-0.1, -0.05) is 99.1 Å². The van der Waals surface area contributed by atoms with Crippen molar-refractivity contribution in [1.29, 1.82) is 0 Å². The van der Waals surface area contributed by atoms with E-state index >= 15 is 0 Å². The van der Waals surface area contributed by atoms with Crippen LogP contribution in [0.25, 0.3) is 22.3 Å². The number of halogens is 1. The van der Waals surface area contributed by atoms with Gasteiger partial charge in [0, 0.05) is 10.6 Å². The van der Waals surface area contributed by atoms with E-state index in [1.54, 1.807) is 0 Å². The smallest absolute Gasteiger partial charge is 0.0490 e. The lowest BCUT2D eigenvalue weighted by Crippen LogP contribution is -2.10. The van der Waals surface area contributed by atoms with Gasteiger partial charge < -0.3 is 0 Å². The molecule has 0 heterocycles. The van der Waals surface area contributed by atoms with Crippen molar-refractivity contribution in [2.75, 3.05) is 0 Å². The number of rotatable bonds is 2. The lowest BCUT2D eigenvalue weighted by molar-refractivity contribution is 0.590. The maximum atomic E-state index is 6.54. The van der Waals surface area contributed by atoms with E-state index in [4.69, 9.17) is 11.6 Å². The standard InChI is InChI=1S/C22H21Cl/c1-22(2,3)19-12-9-17(10-13-19)20-14-11-18(15-21(20)23)16-7-5-4-6-8-16/h4-15H,1-3H3. The average molecular weight is 321 g/mol. The Morgan fingerprint density at radius 2 is 1.26 bits per heavy atom. The summed E-state index contributed by atoms with van der Waals surface area (Å²) in [7, 11) is 0. The molecule has 0 radical (unpaired) electrons. The molecular formula is C22H21Cl. The van der Waals surface area contributed by atoms with Crippen LogP contribution < -0.4 is 0 Å². The zero-order valence-electron chi connectivity index (χ0n) is 13.8. The first-order valence-electron chi connectivity index (χ1n) is 7.91. The molecule has 3 aromatic rings. The maximum absolute atomic E-state index is 6.54. The highest BCUT2D eigenvalue weighted by Crippen LogP contribution is 2.33. The Labute approximate surface area is 143 Å². The summed E-state index contributed by atoms with van der Waals surface area (Å²) in [5.41, 5.74) is 6.06. The minimum atomic E-state index is 0.166. The summed E-state index contributed by atoms with van der Waals surface area (Å²) >= 11 is 6.54. The van der Waals surface area contributed by atoms with Crippen LogP contribution in [0, 0.1) is 0 Å². The molecule has 0 aliphatic heterocycles. The minimum absolute atomic E-state index is 0.166. The zero-order chi connectivity index (χ0) is 16.4. The van der Waals surface area contributed by atoms with E-state index in [2.05, 4.69) is 69.3 Å². The van der Waals surface area contributed by atoms with E-state index in [9.17, 15) is 0 Å². The number of benzene rings is 3. The Morgan fingerprint density at radius 3 is 1.83 bits per heavy atom. The molecule has 0 fully saturated rings. The molecule has 3 rings (SSSR count). The second-order valence-corrected chi connectivity index (χ2v) is 7.30. The van der Waals surface area contributed by atoms with Crippen LogP contribution in [0.4, 0.5) is 0 Å². The molecule has 0 spiro atoms. The van der Waals surface area contributed by atoms with Gasteiger partial charge in [-0.05, 0) is 33.7 Å². The van der Waals surface area contributed by atoms with E-state index in [-0.39, 0.29) is 5.41 Å². The van der Waals surface area contributed by atoms with Gasteiger partial charge in [0.25, 0.3) is 0 Å². The summed E-state index contributed by atoms with van der Waals surface area (Å²) in [6, 6.07) is 25.3. The van der Waals surface area contributed by atoms with Gasteiger partial charge >= 0.3 is 0 Å². The Morgan fingerprint density at radius 1 is 0.652 bits per heavy atom. The first kappa shape index (κ1) is 15.8. The van der Waals surface area contributed by atoms with Crippen molar-refractivity contribution in [3.05, 3.63) is 83.4 Å². The van der Waals surface area contributed by atoms with Gasteiger partial charge in [0.1, 0.15) is 0 Å². The Hall–Kier alpha value is -2.05. The van der Waals surface area contributed by atoms with Gasteiger partial charge in [0.2, 0.25) is 0 Å². The molecule has 23 heavy (non-hydrogen) atoms. The molecule has 3 aromatic carbocycles. The molecular weight excluding hydrogens is 300 g/mol. The zero-order valence-corrected chi connectivity index (χ0v) is 14.6. The van der Waals surface area contributed by atoms with Crippen molar-refractivity contribution in [1.82, 2.24) is 0 Å². The molecule has 0 nitrogen and oxygen atoms in total. The predicted molar refractivity (Wildman–Crippen MR) is 101 cm³/mol. The summed E-state index contributed by atoms with van der Waals surface area (Å²) in [5.74, 6) is 0. The quantitative estimate of drug-likeness (QED) is 0.478. The SMILES string of the molecule is CC(C)(C)c1ccc(-c2ccc(-c3ccccc3)cc2Cl)cc1. The summed E-state index contributed by atoms with van der Waals surface area (Å²) in [6.45, 7) is 6.68. The van der Waals surface area contributed by atoms with Crippen LogP contribution in [-0.2, 0) is 5.41 Å². The second-order valence-electron chi connectivity index (χ2n) is 6.89. The highest BCUT2D eigenvalue weighted by molar-refractivity contribution is 6.33. The minimum Gasteiger partial charge on any atom is -0.0836 e. The monoisotopic (exact) mass is 320 g/mol. The van der Waals surface area contributed by atoms with E-state index in [0.717, 1.165) is 21.7 Å². The normalized spacial score (nSPS) is 11.5. The van der Waals surface area contributed by atoms with Crippen molar-refractivity contribution in [3.8, 4) is 22.3 Å². The van der Waals surface area contributed by atoms with Crippen LogP contribution in [0.5, 0.6) is 0 Å². The topological polar surface area (TPSA) is 0 Å². The molecule has 0 aromatic heterocycles. The van der Waals surface area contributed by atoms with Gasteiger partial charge in [-0.2, -0.15) is 0 Å². The fourth-order valence-electron chi connectivity index (χ4n) is 2.71. The Balaban J connectivity index is 1.95. The first-order chi connectivity index (χ1) is 10.9. The maximum Gasteiger partial charge on any atom is 0.0490 e. The third-order valence-corrected chi connectivity index (χ3v) is 4.45. The van der Waals surface area contributed by atoms with Crippen LogP contribution in [0.3, 0.4) is 0 Å². The molecule has 0 bridgehead atoms. The van der Waals surface area contributed by atoms with Gasteiger partial charge in [0.15, 0.2) is 0 Å². The van der Waals surface area contributed by atoms with Crippen molar-refractivity contribution >= 4 is 11.6 Å². The van der Waals surface area contributed by atoms with Gasteiger partial charge in [0.05, 0.1) is 0 Å².